The van der Waals surface area contributed by atoms with Gasteiger partial charge in [0.1, 0.15) is 5.82 Å². The molecule has 0 aliphatic carbocycles. The van der Waals surface area contributed by atoms with Crippen molar-refractivity contribution in [3.8, 4) is 0 Å². The minimum Gasteiger partial charge on any atom is -0.395 e. The molecule has 106 valence electrons. The summed E-state index contributed by atoms with van der Waals surface area (Å²) in [5.74, 6) is 4.22. The molecule has 6 heteroatoms. The van der Waals surface area contributed by atoms with Gasteiger partial charge < -0.3 is 5.11 Å². The highest BCUT2D eigenvalue weighted by molar-refractivity contribution is 5.93. The average Bonchev–Trinajstić information content (AvgIpc) is 2.39. The summed E-state index contributed by atoms with van der Waals surface area (Å²) in [6, 6.07) is 4.27. The van der Waals surface area contributed by atoms with Gasteiger partial charge in [-0.05, 0) is 32.0 Å². The molecule has 0 heterocycles. The SMILES string of the molecule is CC(C)N(CCO)Cc1cc(C(=O)NN)ccc1F. The Bertz CT molecular complexity index is 438. The molecule has 0 radical (unpaired) electrons. The van der Waals surface area contributed by atoms with Crippen LogP contribution < -0.4 is 11.3 Å². The lowest BCUT2D eigenvalue weighted by atomic mass is 10.1. The summed E-state index contributed by atoms with van der Waals surface area (Å²) < 4.78 is 13.7. The number of hydrogen-bond donors (Lipinski definition) is 3. The summed E-state index contributed by atoms with van der Waals surface area (Å²) in [6.07, 6.45) is 0. The van der Waals surface area contributed by atoms with Crippen LogP contribution in [-0.2, 0) is 6.54 Å². The first-order valence-electron chi connectivity index (χ1n) is 6.13. The highest BCUT2D eigenvalue weighted by Gasteiger charge is 2.14. The topological polar surface area (TPSA) is 78.6 Å². The number of nitrogen functional groups attached to an aromatic ring is 1. The maximum atomic E-state index is 13.7. The molecule has 0 bridgehead atoms. The number of aliphatic hydroxyl groups excluding tert-OH is 1. The van der Waals surface area contributed by atoms with E-state index < -0.39 is 5.91 Å². The van der Waals surface area contributed by atoms with E-state index in [1.807, 2.05) is 24.2 Å². The van der Waals surface area contributed by atoms with Gasteiger partial charge in [-0.2, -0.15) is 0 Å². The number of amides is 1. The monoisotopic (exact) mass is 269 g/mol. The van der Waals surface area contributed by atoms with Gasteiger partial charge in [0.2, 0.25) is 0 Å². The van der Waals surface area contributed by atoms with E-state index in [4.69, 9.17) is 10.9 Å². The second-order valence-corrected chi connectivity index (χ2v) is 4.57. The minimum atomic E-state index is -0.459. The van der Waals surface area contributed by atoms with Crippen LogP contribution in [0.5, 0.6) is 0 Å². The van der Waals surface area contributed by atoms with E-state index in [1.165, 1.54) is 18.2 Å². The Labute approximate surface area is 112 Å². The average molecular weight is 269 g/mol. The van der Waals surface area contributed by atoms with Crippen molar-refractivity contribution in [2.24, 2.45) is 5.84 Å². The van der Waals surface area contributed by atoms with Crippen LogP contribution >= 0.6 is 0 Å². The molecule has 0 aliphatic heterocycles. The summed E-state index contributed by atoms with van der Waals surface area (Å²) in [4.78, 5) is 13.3. The highest BCUT2D eigenvalue weighted by atomic mass is 19.1. The first kappa shape index (κ1) is 15.6. The van der Waals surface area contributed by atoms with Crippen LogP contribution in [0, 0.1) is 5.82 Å². The third-order valence-corrected chi connectivity index (χ3v) is 2.93. The van der Waals surface area contributed by atoms with Crippen molar-refractivity contribution in [1.82, 2.24) is 10.3 Å². The van der Waals surface area contributed by atoms with Crippen LogP contribution in [0.2, 0.25) is 0 Å². The van der Waals surface area contributed by atoms with Gasteiger partial charge in [-0.3, -0.25) is 15.1 Å². The van der Waals surface area contributed by atoms with Gasteiger partial charge in [-0.15, -0.1) is 0 Å². The standard InChI is InChI=1S/C13H20FN3O2/c1-9(2)17(5-6-18)8-11-7-10(13(19)16-15)3-4-12(11)14/h3-4,7,9,18H,5-6,8,15H2,1-2H3,(H,16,19). The second-order valence-electron chi connectivity index (χ2n) is 4.57. The van der Waals surface area contributed by atoms with Gasteiger partial charge in [-0.1, -0.05) is 0 Å². The largest absolute Gasteiger partial charge is 0.395 e. The van der Waals surface area contributed by atoms with E-state index in [0.717, 1.165) is 0 Å². The molecule has 0 unspecified atom stereocenters. The van der Waals surface area contributed by atoms with Gasteiger partial charge in [0.25, 0.3) is 5.91 Å². The lowest BCUT2D eigenvalue weighted by molar-refractivity contribution is 0.0953. The Balaban J connectivity index is 2.95. The summed E-state index contributed by atoms with van der Waals surface area (Å²) in [6.45, 7) is 4.71. The molecule has 4 N–H and O–H groups in total. The Morgan fingerprint density at radius 1 is 1.53 bits per heavy atom. The molecular weight excluding hydrogens is 249 g/mol. The summed E-state index contributed by atoms with van der Waals surface area (Å²) in [5, 5.41) is 9.00. The Kier molecular flexibility index (Phi) is 5.88. The fourth-order valence-electron chi connectivity index (χ4n) is 1.79. The van der Waals surface area contributed by atoms with Crippen molar-refractivity contribution in [3.63, 3.8) is 0 Å². The predicted octanol–water partition coefficient (Wildman–Crippen LogP) is 0.632. The molecule has 0 aromatic heterocycles. The maximum absolute atomic E-state index is 13.7. The molecule has 1 rings (SSSR count). The quantitative estimate of drug-likeness (QED) is 0.402. The van der Waals surface area contributed by atoms with Crippen molar-refractivity contribution in [3.05, 3.63) is 35.1 Å². The zero-order chi connectivity index (χ0) is 14.4. The molecule has 1 aromatic carbocycles. The third kappa shape index (κ3) is 4.27. The summed E-state index contributed by atoms with van der Waals surface area (Å²) >= 11 is 0. The van der Waals surface area contributed by atoms with E-state index in [9.17, 15) is 9.18 Å². The molecule has 0 spiro atoms. The van der Waals surface area contributed by atoms with Crippen molar-refractivity contribution in [1.29, 1.82) is 0 Å². The number of nitrogens with two attached hydrogens (primary N) is 1. The van der Waals surface area contributed by atoms with Gasteiger partial charge in [-0.25, -0.2) is 10.2 Å². The van der Waals surface area contributed by atoms with Crippen molar-refractivity contribution in [2.75, 3.05) is 13.2 Å². The molecular formula is C13H20FN3O2. The molecule has 1 amide bonds. The highest BCUT2D eigenvalue weighted by Crippen LogP contribution is 2.14. The zero-order valence-corrected chi connectivity index (χ0v) is 11.2. The maximum Gasteiger partial charge on any atom is 0.265 e. The molecule has 0 fully saturated rings. The van der Waals surface area contributed by atoms with Crippen LogP contribution in [0.15, 0.2) is 18.2 Å². The van der Waals surface area contributed by atoms with Crippen LogP contribution in [0.25, 0.3) is 0 Å². The van der Waals surface area contributed by atoms with Gasteiger partial charge in [0.05, 0.1) is 6.61 Å². The lowest BCUT2D eigenvalue weighted by Crippen LogP contribution is -2.33. The van der Waals surface area contributed by atoms with Gasteiger partial charge in [0, 0.05) is 30.3 Å². The van der Waals surface area contributed by atoms with E-state index >= 15 is 0 Å². The van der Waals surface area contributed by atoms with E-state index in [0.29, 0.717) is 24.2 Å². The Morgan fingerprint density at radius 2 is 2.21 bits per heavy atom. The number of carbonyl (C=O) groups excluding carboxylic acids is 1. The van der Waals surface area contributed by atoms with Crippen molar-refractivity contribution >= 4 is 5.91 Å². The van der Waals surface area contributed by atoms with Gasteiger partial charge in [0.15, 0.2) is 0 Å². The molecule has 0 saturated carbocycles. The van der Waals surface area contributed by atoms with E-state index in [2.05, 4.69) is 0 Å². The fraction of sp³-hybridized carbons (Fsp3) is 0.462. The normalized spacial score (nSPS) is 11.1. The molecule has 0 aliphatic rings. The predicted molar refractivity (Wildman–Crippen MR) is 70.7 cm³/mol. The number of carbonyl (C=O) groups is 1. The Morgan fingerprint density at radius 3 is 2.74 bits per heavy atom. The van der Waals surface area contributed by atoms with Crippen LogP contribution in [-0.4, -0.2) is 35.1 Å². The number of rotatable bonds is 6. The summed E-state index contributed by atoms with van der Waals surface area (Å²) in [7, 11) is 0. The van der Waals surface area contributed by atoms with E-state index in [1.54, 1.807) is 0 Å². The zero-order valence-electron chi connectivity index (χ0n) is 11.2. The second kappa shape index (κ2) is 7.18. The lowest BCUT2D eigenvalue weighted by Gasteiger charge is -2.25. The smallest absolute Gasteiger partial charge is 0.265 e. The first-order chi connectivity index (χ1) is 8.99. The van der Waals surface area contributed by atoms with Crippen LogP contribution in [0.3, 0.4) is 0 Å². The molecule has 19 heavy (non-hydrogen) atoms. The molecule has 0 atom stereocenters. The number of nitrogens with zero attached hydrogens (tertiary/aromatic N) is 1. The number of hydrogen-bond acceptors (Lipinski definition) is 4. The number of halogens is 1. The molecule has 1 aromatic rings. The number of nitrogens with one attached hydrogen (secondary N) is 1. The minimum absolute atomic E-state index is 0.00275. The third-order valence-electron chi connectivity index (χ3n) is 2.93. The fourth-order valence-corrected chi connectivity index (χ4v) is 1.79. The van der Waals surface area contributed by atoms with Crippen molar-refractivity contribution in [2.45, 2.75) is 26.4 Å². The van der Waals surface area contributed by atoms with Crippen molar-refractivity contribution < 1.29 is 14.3 Å². The van der Waals surface area contributed by atoms with Gasteiger partial charge >= 0.3 is 0 Å². The first-order valence-corrected chi connectivity index (χ1v) is 6.13. The van der Waals surface area contributed by atoms with Crippen LogP contribution in [0.1, 0.15) is 29.8 Å². The summed E-state index contributed by atoms with van der Waals surface area (Å²) in [5.41, 5.74) is 2.73. The Hall–Kier alpha value is -1.50. The van der Waals surface area contributed by atoms with Crippen LogP contribution in [0.4, 0.5) is 4.39 Å². The van der Waals surface area contributed by atoms with E-state index in [-0.39, 0.29) is 18.5 Å². The number of hydrazine groups is 1. The number of benzene rings is 1. The molecule has 5 nitrogen and oxygen atoms in total. The number of aliphatic hydroxyl groups is 1. The molecule has 0 saturated heterocycles.